The summed E-state index contributed by atoms with van der Waals surface area (Å²) in [6, 6.07) is 0.0404. The molecule has 0 bridgehead atoms. The Labute approximate surface area is 119 Å². The first-order valence-electron chi connectivity index (χ1n) is 8.06. The van der Waals surface area contributed by atoms with Gasteiger partial charge in [-0.25, -0.2) is 0 Å². The summed E-state index contributed by atoms with van der Waals surface area (Å²) >= 11 is 0. The topological polar surface area (TPSA) is 32.3 Å². The van der Waals surface area contributed by atoms with Crippen LogP contribution in [0.1, 0.15) is 66.7 Å². The second-order valence-electron chi connectivity index (χ2n) is 6.43. The number of carbonyl (C=O) groups is 1. The molecule has 0 radical (unpaired) electrons. The predicted octanol–water partition coefficient (Wildman–Crippen LogP) is 3.40. The molecule has 1 fully saturated rings. The fourth-order valence-electron chi connectivity index (χ4n) is 2.93. The van der Waals surface area contributed by atoms with Crippen LogP contribution in [0.15, 0.2) is 0 Å². The summed E-state index contributed by atoms with van der Waals surface area (Å²) in [7, 11) is 0. The van der Waals surface area contributed by atoms with Gasteiger partial charge in [0.25, 0.3) is 0 Å². The maximum absolute atomic E-state index is 12.4. The maximum atomic E-state index is 12.4. The second-order valence-corrected chi connectivity index (χ2v) is 6.43. The van der Waals surface area contributed by atoms with Gasteiger partial charge in [-0.1, -0.05) is 47.0 Å². The number of amides is 1. The van der Waals surface area contributed by atoms with Crippen LogP contribution in [-0.2, 0) is 4.79 Å². The van der Waals surface area contributed by atoms with Gasteiger partial charge in [0.2, 0.25) is 5.91 Å². The Kier molecular flexibility index (Phi) is 6.84. The van der Waals surface area contributed by atoms with E-state index in [1.807, 2.05) is 0 Å². The van der Waals surface area contributed by atoms with Gasteiger partial charge >= 0.3 is 0 Å². The SMILES string of the molecule is CCCCC(CC)CN1C(=O)C(CC(C)C)NC1C. The van der Waals surface area contributed by atoms with Crippen molar-refractivity contribution in [3.8, 4) is 0 Å². The van der Waals surface area contributed by atoms with Crippen LogP contribution in [0, 0.1) is 11.8 Å². The smallest absolute Gasteiger partial charge is 0.241 e. The monoisotopic (exact) mass is 268 g/mol. The van der Waals surface area contributed by atoms with E-state index >= 15 is 0 Å². The lowest BCUT2D eigenvalue weighted by molar-refractivity contribution is -0.130. The molecule has 1 N–H and O–H groups in total. The van der Waals surface area contributed by atoms with E-state index in [1.165, 1.54) is 25.7 Å². The Bertz CT molecular complexity index is 278. The zero-order valence-electron chi connectivity index (χ0n) is 13.4. The van der Waals surface area contributed by atoms with Gasteiger partial charge in [-0.05, 0) is 31.6 Å². The zero-order valence-corrected chi connectivity index (χ0v) is 13.4. The third-order valence-electron chi connectivity index (χ3n) is 4.20. The van der Waals surface area contributed by atoms with Crippen molar-refractivity contribution in [1.29, 1.82) is 0 Å². The summed E-state index contributed by atoms with van der Waals surface area (Å²) < 4.78 is 0. The average Bonchev–Trinajstić information content (AvgIpc) is 2.60. The van der Waals surface area contributed by atoms with E-state index in [0.29, 0.717) is 17.7 Å². The Morgan fingerprint density at radius 1 is 1.32 bits per heavy atom. The van der Waals surface area contributed by atoms with Crippen molar-refractivity contribution in [2.24, 2.45) is 11.8 Å². The van der Waals surface area contributed by atoms with Crippen molar-refractivity contribution in [2.75, 3.05) is 6.54 Å². The molecule has 1 aliphatic rings. The first kappa shape index (κ1) is 16.5. The van der Waals surface area contributed by atoms with Gasteiger partial charge in [0.05, 0.1) is 12.2 Å². The molecular formula is C16H32N2O. The van der Waals surface area contributed by atoms with E-state index in [2.05, 4.69) is 44.8 Å². The predicted molar refractivity (Wildman–Crippen MR) is 80.9 cm³/mol. The molecule has 0 spiro atoms. The number of hydrogen-bond acceptors (Lipinski definition) is 2. The minimum Gasteiger partial charge on any atom is -0.326 e. The molecule has 1 aliphatic heterocycles. The van der Waals surface area contributed by atoms with Crippen molar-refractivity contribution in [2.45, 2.75) is 78.9 Å². The van der Waals surface area contributed by atoms with Crippen LogP contribution in [0.2, 0.25) is 0 Å². The lowest BCUT2D eigenvalue weighted by atomic mass is 9.98. The molecule has 0 aromatic carbocycles. The van der Waals surface area contributed by atoms with E-state index in [1.54, 1.807) is 0 Å². The first-order valence-corrected chi connectivity index (χ1v) is 8.06. The fraction of sp³-hybridized carbons (Fsp3) is 0.938. The van der Waals surface area contributed by atoms with Crippen LogP contribution in [-0.4, -0.2) is 29.6 Å². The van der Waals surface area contributed by atoms with Gasteiger partial charge in [0.1, 0.15) is 0 Å². The molecule has 3 nitrogen and oxygen atoms in total. The summed E-state index contributed by atoms with van der Waals surface area (Å²) in [5.41, 5.74) is 0. The van der Waals surface area contributed by atoms with E-state index < -0.39 is 0 Å². The van der Waals surface area contributed by atoms with Crippen LogP contribution >= 0.6 is 0 Å². The molecule has 0 aliphatic carbocycles. The molecule has 3 atom stereocenters. The minimum atomic E-state index is 0.0404. The fourth-order valence-corrected chi connectivity index (χ4v) is 2.93. The van der Waals surface area contributed by atoms with Crippen molar-refractivity contribution >= 4 is 5.91 Å². The van der Waals surface area contributed by atoms with Gasteiger partial charge < -0.3 is 4.90 Å². The number of nitrogens with one attached hydrogen (secondary N) is 1. The molecule has 0 aromatic heterocycles. The highest BCUT2D eigenvalue weighted by Crippen LogP contribution is 2.21. The van der Waals surface area contributed by atoms with Gasteiger partial charge in [-0.15, -0.1) is 0 Å². The zero-order chi connectivity index (χ0) is 14.4. The minimum absolute atomic E-state index is 0.0404. The molecule has 1 rings (SSSR count). The highest BCUT2D eigenvalue weighted by atomic mass is 16.2. The molecule has 0 aromatic rings. The Morgan fingerprint density at radius 2 is 2.00 bits per heavy atom. The summed E-state index contributed by atoms with van der Waals surface area (Å²) in [6.45, 7) is 11.9. The highest BCUT2D eigenvalue weighted by molar-refractivity contribution is 5.84. The Balaban J connectivity index is 2.54. The average molecular weight is 268 g/mol. The van der Waals surface area contributed by atoms with E-state index in [4.69, 9.17) is 0 Å². The van der Waals surface area contributed by atoms with Crippen molar-refractivity contribution in [3.63, 3.8) is 0 Å². The maximum Gasteiger partial charge on any atom is 0.241 e. The van der Waals surface area contributed by atoms with Gasteiger partial charge in [0, 0.05) is 6.54 Å². The first-order chi connectivity index (χ1) is 8.99. The van der Waals surface area contributed by atoms with Crippen LogP contribution in [0.5, 0.6) is 0 Å². The molecular weight excluding hydrogens is 236 g/mol. The molecule has 112 valence electrons. The number of rotatable bonds is 8. The van der Waals surface area contributed by atoms with Gasteiger partial charge in [-0.3, -0.25) is 10.1 Å². The molecule has 19 heavy (non-hydrogen) atoms. The quantitative estimate of drug-likeness (QED) is 0.732. The molecule has 3 unspecified atom stereocenters. The summed E-state index contributed by atoms with van der Waals surface area (Å²) in [5.74, 6) is 1.54. The third-order valence-corrected chi connectivity index (χ3v) is 4.20. The normalized spacial score (nSPS) is 25.4. The Morgan fingerprint density at radius 3 is 2.53 bits per heavy atom. The summed E-state index contributed by atoms with van der Waals surface area (Å²) in [6.07, 6.45) is 6.09. The van der Waals surface area contributed by atoms with E-state index in [0.717, 1.165) is 13.0 Å². The number of carbonyl (C=O) groups excluding carboxylic acids is 1. The molecule has 3 heteroatoms. The summed E-state index contributed by atoms with van der Waals surface area (Å²) in [4.78, 5) is 14.5. The van der Waals surface area contributed by atoms with Crippen molar-refractivity contribution in [3.05, 3.63) is 0 Å². The van der Waals surface area contributed by atoms with Crippen molar-refractivity contribution in [1.82, 2.24) is 10.2 Å². The van der Waals surface area contributed by atoms with Crippen LogP contribution in [0.25, 0.3) is 0 Å². The molecule has 1 heterocycles. The number of hydrogen-bond donors (Lipinski definition) is 1. The Hall–Kier alpha value is -0.570. The third kappa shape index (κ3) is 4.79. The van der Waals surface area contributed by atoms with E-state index in [9.17, 15) is 4.79 Å². The molecule has 1 amide bonds. The standard InChI is InChI=1S/C16H32N2O/c1-6-8-9-14(7-2)11-18-13(5)17-15(16(18)19)10-12(3)4/h12-15,17H,6-11H2,1-5H3. The van der Waals surface area contributed by atoms with Crippen molar-refractivity contribution < 1.29 is 4.79 Å². The lowest BCUT2D eigenvalue weighted by Gasteiger charge is -2.26. The highest BCUT2D eigenvalue weighted by Gasteiger charge is 2.37. The van der Waals surface area contributed by atoms with Gasteiger partial charge in [0.15, 0.2) is 0 Å². The number of nitrogens with zero attached hydrogens (tertiary/aromatic N) is 1. The van der Waals surface area contributed by atoms with Crippen LogP contribution in [0.4, 0.5) is 0 Å². The molecule has 0 saturated carbocycles. The lowest BCUT2D eigenvalue weighted by Crippen LogP contribution is -2.38. The van der Waals surface area contributed by atoms with E-state index in [-0.39, 0.29) is 12.2 Å². The van der Waals surface area contributed by atoms with Crippen LogP contribution in [0.3, 0.4) is 0 Å². The van der Waals surface area contributed by atoms with Gasteiger partial charge in [-0.2, -0.15) is 0 Å². The second kappa shape index (κ2) is 7.88. The largest absolute Gasteiger partial charge is 0.326 e. The number of unbranched alkanes of at least 4 members (excludes halogenated alkanes) is 1. The summed E-state index contributed by atoms with van der Waals surface area (Å²) in [5, 5.41) is 3.45. The molecule has 1 saturated heterocycles. The van der Waals surface area contributed by atoms with Crippen LogP contribution < -0.4 is 5.32 Å².